The normalized spacial score (nSPS) is 14.5. The molecule has 0 radical (unpaired) electrons. The predicted octanol–water partition coefficient (Wildman–Crippen LogP) is 1.52. The number of rotatable bonds is 4. The van der Waals surface area contributed by atoms with E-state index in [1.54, 1.807) is 0 Å². The van der Waals surface area contributed by atoms with Crippen molar-refractivity contribution < 1.29 is 4.42 Å². The Labute approximate surface area is 112 Å². The number of aryl methyl sites for hydroxylation is 1. The molecule has 0 aliphatic carbocycles. The van der Waals surface area contributed by atoms with Gasteiger partial charge < -0.3 is 15.1 Å². The summed E-state index contributed by atoms with van der Waals surface area (Å²) >= 11 is 0. The number of aromatic nitrogens is 2. The zero-order valence-electron chi connectivity index (χ0n) is 10.9. The Morgan fingerprint density at radius 1 is 1.21 bits per heavy atom. The van der Waals surface area contributed by atoms with Crippen molar-refractivity contribution in [3.63, 3.8) is 0 Å². The molecule has 0 spiro atoms. The highest BCUT2D eigenvalue weighted by molar-refractivity contribution is 5.37. The smallest absolute Gasteiger partial charge is 0.318 e. The molecule has 3 rings (SSSR count). The summed E-state index contributed by atoms with van der Waals surface area (Å²) < 4.78 is 5.69. The minimum absolute atomic E-state index is 0.626. The van der Waals surface area contributed by atoms with E-state index in [0.29, 0.717) is 18.5 Å². The van der Waals surface area contributed by atoms with Gasteiger partial charge in [0.15, 0.2) is 0 Å². The molecule has 100 valence electrons. The summed E-state index contributed by atoms with van der Waals surface area (Å²) in [5.74, 6) is 0.680. The number of nitrogens with two attached hydrogens (primary N) is 1. The summed E-state index contributed by atoms with van der Waals surface area (Å²) in [6.45, 7) is 2.42. The van der Waals surface area contributed by atoms with Gasteiger partial charge >= 0.3 is 6.01 Å². The van der Waals surface area contributed by atoms with Gasteiger partial charge in [-0.2, -0.15) is 0 Å². The summed E-state index contributed by atoms with van der Waals surface area (Å²) in [6, 6.07) is 9.14. The molecule has 0 bridgehead atoms. The van der Waals surface area contributed by atoms with Crippen LogP contribution in [0.25, 0.3) is 0 Å². The lowest BCUT2D eigenvalue weighted by Crippen LogP contribution is -2.30. The molecule has 1 aromatic carbocycles. The van der Waals surface area contributed by atoms with Crippen LogP contribution >= 0.6 is 0 Å². The second kappa shape index (κ2) is 5.40. The molecule has 1 aromatic heterocycles. The first-order valence-corrected chi connectivity index (χ1v) is 6.71. The van der Waals surface area contributed by atoms with Crippen molar-refractivity contribution >= 4 is 6.01 Å². The van der Waals surface area contributed by atoms with E-state index in [0.717, 1.165) is 32.4 Å². The summed E-state index contributed by atoms with van der Waals surface area (Å²) in [6.07, 6.45) is 2.66. The lowest BCUT2D eigenvalue weighted by Gasteiger charge is -2.26. The van der Waals surface area contributed by atoms with Gasteiger partial charge in [-0.3, -0.25) is 0 Å². The highest BCUT2D eigenvalue weighted by Gasteiger charge is 2.20. The van der Waals surface area contributed by atoms with Crippen LogP contribution in [0.3, 0.4) is 0 Å². The summed E-state index contributed by atoms with van der Waals surface area (Å²) in [5.41, 5.74) is 8.24. The molecule has 0 saturated heterocycles. The quantitative estimate of drug-likeness (QED) is 0.900. The first kappa shape index (κ1) is 12.2. The maximum Gasteiger partial charge on any atom is 0.318 e. The molecule has 0 amide bonds. The Bertz CT molecular complexity index is 552. The van der Waals surface area contributed by atoms with Crippen molar-refractivity contribution in [2.75, 3.05) is 18.0 Å². The first-order valence-electron chi connectivity index (χ1n) is 6.71. The van der Waals surface area contributed by atoms with E-state index >= 15 is 0 Å². The monoisotopic (exact) mass is 258 g/mol. The number of hydrogen-bond acceptors (Lipinski definition) is 5. The van der Waals surface area contributed by atoms with Crippen LogP contribution in [0.5, 0.6) is 0 Å². The highest BCUT2D eigenvalue weighted by Crippen LogP contribution is 2.23. The Balaban J connectivity index is 1.72. The maximum absolute atomic E-state index is 5.69. The summed E-state index contributed by atoms with van der Waals surface area (Å²) in [7, 11) is 0. The molecule has 19 heavy (non-hydrogen) atoms. The fourth-order valence-electron chi connectivity index (χ4n) is 2.39. The minimum atomic E-state index is 0.626. The molecule has 0 unspecified atom stereocenters. The Morgan fingerprint density at radius 2 is 2.05 bits per heavy atom. The van der Waals surface area contributed by atoms with Gasteiger partial charge in [0, 0.05) is 19.5 Å². The van der Waals surface area contributed by atoms with Crippen LogP contribution in [0.4, 0.5) is 6.01 Å². The van der Waals surface area contributed by atoms with Crippen LogP contribution in [0.2, 0.25) is 0 Å². The van der Waals surface area contributed by atoms with Crippen LogP contribution < -0.4 is 10.6 Å². The molecular weight excluding hydrogens is 240 g/mol. The van der Waals surface area contributed by atoms with E-state index in [9.17, 15) is 0 Å². The van der Waals surface area contributed by atoms with Gasteiger partial charge in [0.2, 0.25) is 5.89 Å². The fraction of sp³-hybridized carbons (Fsp3) is 0.429. The summed E-state index contributed by atoms with van der Waals surface area (Å²) in [4.78, 5) is 2.14. The number of fused-ring (bicyclic) bond motifs is 1. The van der Waals surface area contributed by atoms with Crippen LogP contribution in [-0.4, -0.2) is 23.3 Å². The van der Waals surface area contributed by atoms with E-state index in [1.165, 1.54) is 11.1 Å². The second-order valence-corrected chi connectivity index (χ2v) is 4.81. The van der Waals surface area contributed by atoms with Crippen molar-refractivity contribution in [3.05, 3.63) is 41.3 Å². The Hall–Kier alpha value is -1.88. The molecule has 0 saturated carbocycles. The average molecular weight is 258 g/mol. The van der Waals surface area contributed by atoms with E-state index in [4.69, 9.17) is 10.2 Å². The standard InChI is InChI=1S/C14H18N4O/c15-8-3-6-13-16-17-14(19-13)18-9-7-11-4-1-2-5-12(11)10-18/h1-2,4-5H,3,6-10,15H2. The SMILES string of the molecule is NCCCc1nnc(N2CCc3ccccc3C2)o1. The zero-order chi connectivity index (χ0) is 13.1. The lowest BCUT2D eigenvalue weighted by atomic mass is 10.0. The molecule has 2 N–H and O–H groups in total. The van der Waals surface area contributed by atoms with Crippen LogP contribution in [0, 0.1) is 0 Å². The van der Waals surface area contributed by atoms with Crippen molar-refractivity contribution in [1.82, 2.24) is 10.2 Å². The van der Waals surface area contributed by atoms with Gasteiger partial charge in [0.1, 0.15) is 0 Å². The predicted molar refractivity (Wildman–Crippen MR) is 72.9 cm³/mol. The molecule has 5 nitrogen and oxygen atoms in total. The fourth-order valence-corrected chi connectivity index (χ4v) is 2.39. The van der Waals surface area contributed by atoms with Gasteiger partial charge in [-0.1, -0.05) is 29.4 Å². The molecule has 2 aromatic rings. The number of nitrogens with zero attached hydrogens (tertiary/aromatic N) is 3. The van der Waals surface area contributed by atoms with Gasteiger partial charge in [0.25, 0.3) is 0 Å². The lowest BCUT2D eigenvalue weighted by molar-refractivity contribution is 0.472. The van der Waals surface area contributed by atoms with E-state index in [2.05, 4.69) is 39.4 Å². The van der Waals surface area contributed by atoms with Gasteiger partial charge in [-0.15, -0.1) is 5.10 Å². The Morgan fingerprint density at radius 3 is 2.89 bits per heavy atom. The van der Waals surface area contributed by atoms with Crippen molar-refractivity contribution in [2.45, 2.75) is 25.8 Å². The zero-order valence-corrected chi connectivity index (χ0v) is 10.9. The third kappa shape index (κ3) is 2.61. The Kier molecular flexibility index (Phi) is 3.46. The van der Waals surface area contributed by atoms with E-state index < -0.39 is 0 Å². The molecule has 5 heteroatoms. The molecular formula is C14H18N4O. The number of hydrogen-bond donors (Lipinski definition) is 1. The second-order valence-electron chi connectivity index (χ2n) is 4.81. The third-order valence-electron chi connectivity index (χ3n) is 3.45. The van der Waals surface area contributed by atoms with Gasteiger partial charge in [-0.05, 0) is 30.5 Å². The largest absolute Gasteiger partial charge is 0.408 e. The molecule has 0 atom stereocenters. The first-order chi connectivity index (χ1) is 9.36. The molecule has 1 aliphatic heterocycles. The van der Waals surface area contributed by atoms with Crippen molar-refractivity contribution in [2.24, 2.45) is 5.73 Å². The van der Waals surface area contributed by atoms with Gasteiger partial charge in [0.05, 0.1) is 0 Å². The molecule has 1 aliphatic rings. The van der Waals surface area contributed by atoms with Crippen LogP contribution in [-0.2, 0) is 19.4 Å². The van der Waals surface area contributed by atoms with Crippen molar-refractivity contribution in [1.29, 1.82) is 0 Å². The minimum Gasteiger partial charge on any atom is -0.408 e. The van der Waals surface area contributed by atoms with Crippen molar-refractivity contribution in [3.8, 4) is 0 Å². The average Bonchev–Trinajstić information content (AvgIpc) is 2.93. The third-order valence-corrected chi connectivity index (χ3v) is 3.45. The number of benzene rings is 1. The topological polar surface area (TPSA) is 68.2 Å². The van der Waals surface area contributed by atoms with Gasteiger partial charge in [-0.25, -0.2) is 0 Å². The maximum atomic E-state index is 5.69. The van der Waals surface area contributed by atoms with Crippen LogP contribution in [0.15, 0.2) is 28.7 Å². The highest BCUT2D eigenvalue weighted by atomic mass is 16.4. The number of anilines is 1. The molecule has 0 fully saturated rings. The summed E-state index contributed by atoms with van der Waals surface area (Å²) in [5, 5.41) is 8.21. The van der Waals surface area contributed by atoms with E-state index in [1.807, 2.05) is 0 Å². The van der Waals surface area contributed by atoms with Crippen LogP contribution in [0.1, 0.15) is 23.4 Å². The van der Waals surface area contributed by atoms with E-state index in [-0.39, 0.29) is 0 Å². The molecule has 2 heterocycles.